The number of para-hydroxylation sites is 1. The Balaban J connectivity index is 1.94. The van der Waals surface area contributed by atoms with Gasteiger partial charge in [0.25, 0.3) is 0 Å². The van der Waals surface area contributed by atoms with Gasteiger partial charge in [-0.05, 0) is 37.6 Å². The van der Waals surface area contributed by atoms with Gasteiger partial charge in [0.2, 0.25) is 0 Å². The molecule has 0 aromatic heterocycles. The van der Waals surface area contributed by atoms with Gasteiger partial charge in [-0.15, -0.1) is 0 Å². The second-order valence-corrected chi connectivity index (χ2v) is 4.51. The Bertz CT molecular complexity index is 374. The fourth-order valence-corrected chi connectivity index (χ4v) is 2.27. The molecule has 1 aromatic rings. The Morgan fingerprint density at radius 1 is 1.44 bits per heavy atom. The van der Waals surface area contributed by atoms with E-state index in [0.717, 1.165) is 25.3 Å². The van der Waals surface area contributed by atoms with Gasteiger partial charge in [-0.1, -0.05) is 18.2 Å². The lowest BCUT2D eigenvalue weighted by Gasteiger charge is -2.20. The number of hydrogen-bond donors (Lipinski definition) is 1. The Labute approximate surface area is 107 Å². The zero-order chi connectivity index (χ0) is 12.8. The molecular formula is C14H19NO3. The third-order valence-corrected chi connectivity index (χ3v) is 3.34. The van der Waals surface area contributed by atoms with Crippen molar-refractivity contribution in [2.24, 2.45) is 11.8 Å². The summed E-state index contributed by atoms with van der Waals surface area (Å²) in [6.07, 6.45) is 0.998. The number of nitrogens with one attached hydrogen (secondary N) is 1. The van der Waals surface area contributed by atoms with E-state index in [4.69, 9.17) is 9.47 Å². The van der Waals surface area contributed by atoms with Crippen molar-refractivity contribution in [2.75, 3.05) is 26.8 Å². The van der Waals surface area contributed by atoms with Gasteiger partial charge >= 0.3 is 5.97 Å². The highest BCUT2D eigenvalue weighted by atomic mass is 16.5. The smallest absolute Gasteiger partial charge is 0.312 e. The lowest BCUT2D eigenvalue weighted by Crippen LogP contribution is -2.31. The van der Waals surface area contributed by atoms with Crippen LogP contribution in [-0.2, 0) is 9.53 Å². The molecule has 4 nitrogen and oxygen atoms in total. The first-order chi connectivity index (χ1) is 8.81. The minimum Gasteiger partial charge on any atom is -0.493 e. The summed E-state index contributed by atoms with van der Waals surface area (Å²) >= 11 is 0. The summed E-state index contributed by atoms with van der Waals surface area (Å²) in [5.74, 6) is 0.725. The summed E-state index contributed by atoms with van der Waals surface area (Å²) < 4.78 is 10.5. The summed E-state index contributed by atoms with van der Waals surface area (Å²) in [5.41, 5.74) is 0. The van der Waals surface area contributed by atoms with E-state index in [2.05, 4.69) is 5.32 Å². The van der Waals surface area contributed by atoms with E-state index in [0.29, 0.717) is 12.5 Å². The van der Waals surface area contributed by atoms with Crippen LogP contribution >= 0.6 is 0 Å². The third-order valence-electron chi connectivity index (χ3n) is 3.34. The molecule has 0 saturated carbocycles. The number of rotatable bonds is 5. The second-order valence-electron chi connectivity index (χ2n) is 4.51. The Morgan fingerprint density at radius 2 is 2.22 bits per heavy atom. The number of esters is 1. The average Bonchev–Trinajstić information content (AvgIpc) is 2.94. The monoisotopic (exact) mass is 249 g/mol. The van der Waals surface area contributed by atoms with Gasteiger partial charge in [0.15, 0.2) is 0 Å². The van der Waals surface area contributed by atoms with Crippen LogP contribution < -0.4 is 10.1 Å². The van der Waals surface area contributed by atoms with E-state index < -0.39 is 0 Å². The van der Waals surface area contributed by atoms with Crippen molar-refractivity contribution in [1.29, 1.82) is 0 Å². The van der Waals surface area contributed by atoms with Crippen LogP contribution in [0.1, 0.15) is 6.42 Å². The molecule has 1 N–H and O–H groups in total. The van der Waals surface area contributed by atoms with Crippen LogP contribution in [0.25, 0.3) is 0 Å². The topological polar surface area (TPSA) is 47.6 Å². The molecule has 4 heteroatoms. The molecule has 2 atom stereocenters. The molecular weight excluding hydrogens is 230 g/mol. The minimum absolute atomic E-state index is 0.181. The van der Waals surface area contributed by atoms with Crippen LogP contribution in [0.5, 0.6) is 5.75 Å². The summed E-state index contributed by atoms with van der Waals surface area (Å²) in [4.78, 5) is 11.8. The molecule has 1 saturated heterocycles. The number of methoxy groups -OCH3 is 1. The predicted octanol–water partition coefficient (Wildman–Crippen LogP) is 1.46. The standard InChI is InChI=1S/C14H19NO3/c1-17-14(16)13(11-7-8-15-9-11)10-18-12-5-3-2-4-6-12/h2-6,11,13,15H,7-10H2,1H3. The van der Waals surface area contributed by atoms with Crippen LogP contribution in [0.4, 0.5) is 0 Å². The van der Waals surface area contributed by atoms with Crippen LogP contribution in [0, 0.1) is 11.8 Å². The fourth-order valence-electron chi connectivity index (χ4n) is 2.27. The van der Waals surface area contributed by atoms with E-state index in [-0.39, 0.29) is 11.9 Å². The molecule has 2 unspecified atom stereocenters. The molecule has 18 heavy (non-hydrogen) atoms. The molecule has 0 spiro atoms. The first-order valence-electron chi connectivity index (χ1n) is 6.27. The van der Waals surface area contributed by atoms with Gasteiger partial charge in [0.1, 0.15) is 12.4 Å². The molecule has 1 aliphatic rings. The highest BCUT2D eigenvalue weighted by Gasteiger charge is 2.32. The molecule has 0 aliphatic carbocycles. The molecule has 0 radical (unpaired) electrons. The number of benzene rings is 1. The average molecular weight is 249 g/mol. The van der Waals surface area contributed by atoms with Crippen molar-refractivity contribution in [2.45, 2.75) is 6.42 Å². The zero-order valence-corrected chi connectivity index (χ0v) is 10.6. The highest BCUT2D eigenvalue weighted by molar-refractivity contribution is 5.73. The maximum Gasteiger partial charge on any atom is 0.312 e. The van der Waals surface area contributed by atoms with Gasteiger partial charge in [-0.2, -0.15) is 0 Å². The number of ether oxygens (including phenoxy) is 2. The van der Waals surface area contributed by atoms with E-state index >= 15 is 0 Å². The maximum atomic E-state index is 11.8. The number of carbonyl (C=O) groups excluding carboxylic acids is 1. The third kappa shape index (κ3) is 3.23. The van der Waals surface area contributed by atoms with E-state index in [1.54, 1.807) is 0 Å². The van der Waals surface area contributed by atoms with E-state index in [1.165, 1.54) is 7.11 Å². The minimum atomic E-state index is -0.190. The van der Waals surface area contributed by atoms with Crippen molar-refractivity contribution in [3.63, 3.8) is 0 Å². The molecule has 98 valence electrons. The number of hydrogen-bond acceptors (Lipinski definition) is 4. The van der Waals surface area contributed by atoms with Crippen LogP contribution in [0.2, 0.25) is 0 Å². The fraction of sp³-hybridized carbons (Fsp3) is 0.500. The predicted molar refractivity (Wildman–Crippen MR) is 68.4 cm³/mol. The van der Waals surface area contributed by atoms with E-state index in [9.17, 15) is 4.79 Å². The van der Waals surface area contributed by atoms with Crippen molar-refractivity contribution in [1.82, 2.24) is 5.32 Å². The van der Waals surface area contributed by atoms with Crippen molar-refractivity contribution in [3.8, 4) is 5.75 Å². The van der Waals surface area contributed by atoms with E-state index in [1.807, 2.05) is 30.3 Å². The van der Waals surface area contributed by atoms with Crippen molar-refractivity contribution >= 4 is 5.97 Å². The normalized spacial score (nSPS) is 20.4. The summed E-state index contributed by atoms with van der Waals surface area (Å²) in [5, 5.41) is 3.27. The lowest BCUT2D eigenvalue weighted by molar-refractivity contribution is -0.148. The molecule has 0 bridgehead atoms. The first kappa shape index (κ1) is 12.9. The Morgan fingerprint density at radius 3 is 2.83 bits per heavy atom. The molecule has 0 amide bonds. The lowest BCUT2D eigenvalue weighted by atomic mass is 9.92. The molecule has 1 aromatic carbocycles. The van der Waals surface area contributed by atoms with Gasteiger partial charge in [-0.25, -0.2) is 0 Å². The van der Waals surface area contributed by atoms with Crippen LogP contribution in [-0.4, -0.2) is 32.8 Å². The molecule has 1 aliphatic heterocycles. The van der Waals surface area contributed by atoms with Crippen LogP contribution in [0.3, 0.4) is 0 Å². The van der Waals surface area contributed by atoms with Gasteiger partial charge in [-0.3, -0.25) is 4.79 Å². The van der Waals surface area contributed by atoms with Crippen molar-refractivity contribution < 1.29 is 14.3 Å². The Kier molecular flexibility index (Phi) is 4.59. The Hall–Kier alpha value is -1.55. The largest absolute Gasteiger partial charge is 0.493 e. The molecule has 1 fully saturated rings. The molecule has 1 heterocycles. The van der Waals surface area contributed by atoms with Gasteiger partial charge in [0, 0.05) is 0 Å². The van der Waals surface area contributed by atoms with Crippen molar-refractivity contribution in [3.05, 3.63) is 30.3 Å². The second kappa shape index (κ2) is 6.40. The summed E-state index contributed by atoms with van der Waals surface area (Å²) in [6.45, 7) is 2.20. The van der Waals surface area contributed by atoms with Gasteiger partial charge in [0.05, 0.1) is 13.0 Å². The first-order valence-corrected chi connectivity index (χ1v) is 6.27. The number of carbonyl (C=O) groups is 1. The molecule has 2 rings (SSSR count). The van der Waals surface area contributed by atoms with Crippen LogP contribution in [0.15, 0.2) is 30.3 Å². The zero-order valence-electron chi connectivity index (χ0n) is 10.6. The summed E-state index contributed by atoms with van der Waals surface area (Å²) in [7, 11) is 1.43. The van der Waals surface area contributed by atoms with Gasteiger partial charge < -0.3 is 14.8 Å². The SMILES string of the molecule is COC(=O)C(COc1ccccc1)C1CCNC1. The highest BCUT2D eigenvalue weighted by Crippen LogP contribution is 2.22. The maximum absolute atomic E-state index is 11.8. The quantitative estimate of drug-likeness (QED) is 0.803. The summed E-state index contributed by atoms with van der Waals surface area (Å²) in [6, 6.07) is 9.55.